The molecule has 0 bridgehead atoms. The highest BCUT2D eigenvalue weighted by Crippen LogP contribution is 2.23. The van der Waals surface area contributed by atoms with Crippen molar-refractivity contribution >= 4 is 5.91 Å². The minimum atomic E-state index is -3.10. The van der Waals surface area contributed by atoms with E-state index >= 15 is 0 Å². The van der Waals surface area contributed by atoms with Gasteiger partial charge in [-0.1, -0.05) is 36.4 Å². The third-order valence-corrected chi connectivity index (χ3v) is 3.32. The van der Waals surface area contributed by atoms with Gasteiger partial charge >= 0.3 is 6.61 Å². The fourth-order valence-electron chi connectivity index (χ4n) is 2.14. The van der Waals surface area contributed by atoms with Gasteiger partial charge in [-0.2, -0.15) is 8.78 Å². The number of hydrogen-bond acceptors (Lipinski definition) is 3. The molecule has 0 aliphatic carbocycles. The molecule has 7 heteroatoms. The Bertz CT molecular complexity index is 680. The topological polar surface area (TPSA) is 58.6 Å². The Labute approximate surface area is 136 Å². The van der Waals surface area contributed by atoms with Gasteiger partial charge in [-0.05, 0) is 17.7 Å². The zero-order chi connectivity index (χ0) is 17.5. The first kappa shape index (κ1) is 17.8. The van der Waals surface area contributed by atoms with Gasteiger partial charge in [-0.15, -0.1) is 0 Å². The molecule has 0 radical (unpaired) electrons. The number of carbonyl (C=O) groups is 1. The summed E-state index contributed by atoms with van der Waals surface area (Å²) in [6, 6.07) is 12.1. The van der Waals surface area contributed by atoms with E-state index in [0.717, 1.165) is 6.07 Å². The zero-order valence-corrected chi connectivity index (χ0v) is 12.6. The number of rotatable bonds is 7. The van der Waals surface area contributed by atoms with Gasteiger partial charge in [0, 0.05) is 12.1 Å². The maximum absolute atomic E-state index is 13.8. The van der Waals surface area contributed by atoms with Crippen LogP contribution in [-0.4, -0.2) is 17.6 Å². The summed E-state index contributed by atoms with van der Waals surface area (Å²) in [6.07, 6.45) is -1.24. The van der Waals surface area contributed by atoms with E-state index in [2.05, 4.69) is 10.1 Å². The second-order valence-corrected chi connectivity index (χ2v) is 5.00. The predicted octanol–water partition coefficient (Wildman–Crippen LogP) is 3.17. The molecule has 0 aliphatic rings. The maximum atomic E-state index is 13.8. The molecule has 1 amide bonds. The highest BCUT2D eigenvalue weighted by Gasteiger charge is 2.16. The van der Waals surface area contributed by atoms with Crippen molar-refractivity contribution in [3.63, 3.8) is 0 Å². The second kappa shape index (κ2) is 8.35. The standard InChI is InChI=1S/C17H16F3NO3/c18-13-7-4-8-15(24-17(19)20)12(13)10-21-16(23)9-14(22)11-5-2-1-3-6-11/h1-8,14,17,22H,9-10H2,(H,21,23). The number of aliphatic hydroxyl groups is 1. The lowest BCUT2D eigenvalue weighted by molar-refractivity contribution is -0.123. The van der Waals surface area contributed by atoms with E-state index in [-0.39, 0.29) is 24.3 Å². The van der Waals surface area contributed by atoms with Gasteiger partial charge in [0.1, 0.15) is 11.6 Å². The summed E-state index contributed by atoms with van der Waals surface area (Å²) < 4.78 is 42.6. The number of halogens is 3. The summed E-state index contributed by atoms with van der Waals surface area (Å²) in [5.41, 5.74) is 0.389. The van der Waals surface area contributed by atoms with Gasteiger partial charge in [0.15, 0.2) is 0 Å². The monoisotopic (exact) mass is 339 g/mol. The number of nitrogens with one attached hydrogen (secondary N) is 1. The quantitative estimate of drug-likeness (QED) is 0.815. The number of alkyl halides is 2. The van der Waals surface area contributed by atoms with Crippen molar-refractivity contribution < 1.29 is 27.8 Å². The molecule has 2 rings (SSSR count). The van der Waals surface area contributed by atoms with E-state index in [0.29, 0.717) is 5.56 Å². The van der Waals surface area contributed by atoms with E-state index in [1.807, 2.05) is 0 Å². The SMILES string of the molecule is O=C(CC(O)c1ccccc1)NCc1c(F)cccc1OC(F)F. The average Bonchev–Trinajstić information content (AvgIpc) is 2.54. The summed E-state index contributed by atoms with van der Waals surface area (Å²) >= 11 is 0. The Morgan fingerprint density at radius 1 is 1.12 bits per heavy atom. The van der Waals surface area contributed by atoms with E-state index < -0.39 is 24.4 Å². The predicted molar refractivity (Wildman–Crippen MR) is 80.9 cm³/mol. The van der Waals surface area contributed by atoms with Gasteiger partial charge in [-0.25, -0.2) is 4.39 Å². The van der Waals surface area contributed by atoms with Crippen molar-refractivity contribution in [1.29, 1.82) is 0 Å². The number of carbonyl (C=O) groups excluding carboxylic acids is 1. The largest absolute Gasteiger partial charge is 0.434 e. The fourth-order valence-corrected chi connectivity index (χ4v) is 2.14. The average molecular weight is 339 g/mol. The minimum Gasteiger partial charge on any atom is -0.434 e. The second-order valence-electron chi connectivity index (χ2n) is 5.00. The minimum absolute atomic E-state index is 0.180. The van der Waals surface area contributed by atoms with Crippen LogP contribution in [0.1, 0.15) is 23.7 Å². The first-order valence-electron chi connectivity index (χ1n) is 7.19. The molecule has 0 aromatic heterocycles. The number of hydrogen-bond donors (Lipinski definition) is 2. The molecule has 0 saturated heterocycles. The lowest BCUT2D eigenvalue weighted by Gasteiger charge is -2.14. The molecular weight excluding hydrogens is 323 g/mol. The number of aliphatic hydroxyl groups excluding tert-OH is 1. The molecule has 0 aliphatic heterocycles. The van der Waals surface area contributed by atoms with Gasteiger partial charge in [-0.3, -0.25) is 4.79 Å². The van der Waals surface area contributed by atoms with Crippen molar-refractivity contribution in [2.75, 3.05) is 0 Å². The van der Waals surface area contributed by atoms with E-state index in [1.165, 1.54) is 12.1 Å². The van der Waals surface area contributed by atoms with Gasteiger partial charge in [0.05, 0.1) is 12.5 Å². The Morgan fingerprint density at radius 2 is 1.83 bits per heavy atom. The van der Waals surface area contributed by atoms with Crippen LogP contribution in [0.4, 0.5) is 13.2 Å². The van der Waals surface area contributed by atoms with Crippen molar-refractivity contribution in [2.45, 2.75) is 25.7 Å². The number of ether oxygens (including phenoxy) is 1. The molecular formula is C17H16F3NO3. The van der Waals surface area contributed by atoms with E-state index in [9.17, 15) is 23.1 Å². The molecule has 0 heterocycles. The molecule has 2 N–H and O–H groups in total. The van der Waals surface area contributed by atoms with Crippen molar-refractivity contribution in [1.82, 2.24) is 5.32 Å². The highest BCUT2D eigenvalue weighted by molar-refractivity contribution is 5.76. The lowest BCUT2D eigenvalue weighted by atomic mass is 10.1. The lowest BCUT2D eigenvalue weighted by Crippen LogP contribution is -2.25. The van der Waals surface area contributed by atoms with E-state index in [1.54, 1.807) is 30.3 Å². The smallest absolute Gasteiger partial charge is 0.387 e. The van der Waals surface area contributed by atoms with Gasteiger partial charge < -0.3 is 15.2 Å². The number of benzene rings is 2. The molecule has 24 heavy (non-hydrogen) atoms. The third kappa shape index (κ3) is 4.99. The molecule has 0 fully saturated rings. The Balaban J connectivity index is 1.97. The van der Waals surface area contributed by atoms with Gasteiger partial charge in [0.2, 0.25) is 5.91 Å². The number of amides is 1. The summed E-state index contributed by atoms with van der Waals surface area (Å²) in [7, 11) is 0. The first-order valence-corrected chi connectivity index (χ1v) is 7.19. The van der Waals surface area contributed by atoms with Crippen LogP contribution in [0.5, 0.6) is 5.75 Å². The first-order chi connectivity index (χ1) is 11.5. The summed E-state index contributed by atoms with van der Waals surface area (Å²) in [5, 5.41) is 12.3. The summed E-state index contributed by atoms with van der Waals surface area (Å²) in [6.45, 7) is -3.42. The Morgan fingerprint density at radius 3 is 2.50 bits per heavy atom. The molecule has 2 aromatic carbocycles. The van der Waals surface area contributed by atoms with Crippen LogP contribution in [0, 0.1) is 5.82 Å². The fraction of sp³-hybridized carbons (Fsp3) is 0.235. The van der Waals surface area contributed by atoms with Crippen LogP contribution in [-0.2, 0) is 11.3 Å². The van der Waals surface area contributed by atoms with Crippen LogP contribution < -0.4 is 10.1 Å². The Hall–Kier alpha value is -2.54. The maximum Gasteiger partial charge on any atom is 0.387 e. The van der Waals surface area contributed by atoms with E-state index in [4.69, 9.17) is 0 Å². The normalized spacial score (nSPS) is 12.0. The van der Waals surface area contributed by atoms with Crippen molar-refractivity contribution in [3.8, 4) is 5.75 Å². The summed E-state index contributed by atoms with van der Waals surface area (Å²) in [4.78, 5) is 11.9. The zero-order valence-electron chi connectivity index (χ0n) is 12.6. The molecule has 128 valence electrons. The molecule has 0 saturated carbocycles. The third-order valence-electron chi connectivity index (χ3n) is 3.32. The van der Waals surface area contributed by atoms with Crippen molar-refractivity contribution in [3.05, 3.63) is 65.5 Å². The highest BCUT2D eigenvalue weighted by atomic mass is 19.3. The Kier molecular flexibility index (Phi) is 6.20. The van der Waals surface area contributed by atoms with Crippen molar-refractivity contribution in [2.24, 2.45) is 0 Å². The van der Waals surface area contributed by atoms with Crippen LogP contribution in [0.15, 0.2) is 48.5 Å². The molecule has 2 aromatic rings. The molecule has 1 unspecified atom stereocenters. The molecule has 0 spiro atoms. The van der Waals surface area contributed by atoms with Crippen LogP contribution in [0.25, 0.3) is 0 Å². The summed E-state index contributed by atoms with van der Waals surface area (Å²) in [5.74, 6) is -1.65. The van der Waals surface area contributed by atoms with Crippen LogP contribution in [0.3, 0.4) is 0 Å². The van der Waals surface area contributed by atoms with Crippen LogP contribution >= 0.6 is 0 Å². The molecule has 1 atom stereocenters. The molecule has 4 nitrogen and oxygen atoms in total. The van der Waals surface area contributed by atoms with Gasteiger partial charge in [0.25, 0.3) is 0 Å². The van der Waals surface area contributed by atoms with Crippen LogP contribution in [0.2, 0.25) is 0 Å².